The van der Waals surface area contributed by atoms with E-state index >= 15 is 0 Å². The Bertz CT molecular complexity index is 2020. The molecule has 1 heterocycles. The summed E-state index contributed by atoms with van der Waals surface area (Å²) in [4.78, 5) is 18.9. The van der Waals surface area contributed by atoms with E-state index in [0.29, 0.717) is 23.3 Å². The second-order valence-electron chi connectivity index (χ2n) is 11.0. The van der Waals surface area contributed by atoms with Crippen molar-refractivity contribution in [1.29, 1.82) is 0 Å². The number of rotatable bonds is 6. The third kappa shape index (κ3) is 5.12. The third-order valence-corrected chi connectivity index (χ3v) is 8.79. The van der Waals surface area contributed by atoms with Crippen molar-refractivity contribution in [2.75, 3.05) is 0 Å². The Hall–Kier alpha value is -4.29. The van der Waals surface area contributed by atoms with E-state index in [1.807, 2.05) is 36.4 Å². The summed E-state index contributed by atoms with van der Waals surface area (Å²) in [5, 5.41) is 9.87. The van der Waals surface area contributed by atoms with E-state index in [1.54, 1.807) is 6.21 Å². The summed E-state index contributed by atoms with van der Waals surface area (Å²) in [6, 6.07) is 32.6. The van der Waals surface area contributed by atoms with Crippen molar-refractivity contribution in [1.82, 2.24) is 9.66 Å². The average Bonchev–Trinajstić information content (AvgIpc) is 3.04. The predicted molar refractivity (Wildman–Crippen MR) is 175 cm³/mol. The van der Waals surface area contributed by atoms with Crippen LogP contribution in [0.3, 0.4) is 0 Å². The lowest BCUT2D eigenvalue weighted by atomic mass is 9.88. The smallest absolute Gasteiger partial charge is 0.282 e. The Kier molecular flexibility index (Phi) is 7.30. The first-order valence-electron chi connectivity index (χ1n) is 14.5. The fraction of sp³-hybridized carbons (Fsp3) is 0.194. The molecule has 6 heteroatoms. The molecule has 0 atom stereocenters. The molecule has 42 heavy (non-hydrogen) atoms. The fourth-order valence-corrected chi connectivity index (χ4v) is 6.49. The summed E-state index contributed by atoms with van der Waals surface area (Å²) in [5.41, 5.74) is 2.50. The minimum atomic E-state index is -0.156. The lowest BCUT2D eigenvalue weighted by Crippen LogP contribution is -2.25. The Morgan fingerprint density at radius 1 is 0.833 bits per heavy atom. The standard InChI is InChI=1S/C36H30BrN3O2/c37-28-18-19-33-31(21-28)36(41)40(35(39-33)26-11-2-1-3-12-26)38-22-32-30-16-7-5-10-25(30)17-20-34(32)42-23-27-14-8-13-24-9-4-6-15-29(24)27/h4-10,13-22,26H,1-3,11-12,23H2. The second kappa shape index (κ2) is 11.5. The molecule has 1 saturated carbocycles. The lowest BCUT2D eigenvalue weighted by molar-refractivity contribution is 0.307. The third-order valence-electron chi connectivity index (χ3n) is 8.30. The highest BCUT2D eigenvalue weighted by molar-refractivity contribution is 9.10. The van der Waals surface area contributed by atoms with Crippen molar-refractivity contribution in [3.05, 3.63) is 129 Å². The molecule has 6 aromatic rings. The quantitative estimate of drug-likeness (QED) is 0.176. The SMILES string of the molecule is O=c1c2cc(Br)ccc2nc(C2CCCCC2)n1N=Cc1c(OCc2cccc3ccccc23)ccc2ccccc12. The minimum absolute atomic E-state index is 0.156. The number of halogens is 1. The van der Waals surface area contributed by atoms with Crippen LogP contribution in [0, 0.1) is 0 Å². The summed E-state index contributed by atoms with van der Waals surface area (Å²) in [7, 11) is 0. The van der Waals surface area contributed by atoms with Crippen LogP contribution in [-0.4, -0.2) is 15.9 Å². The zero-order valence-corrected chi connectivity index (χ0v) is 24.8. The van der Waals surface area contributed by atoms with Gasteiger partial charge in [-0.15, -0.1) is 0 Å². The molecule has 0 unspecified atom stereocenters. The van der Waals surface area contributed by atoms with E-state index in [2.05, 4.69) is 76.6 Å². The fourth-order valence-electron chi connectivity index (χ4n) is 6.13. The summed E-state index contributed by atoms with van der Waals surface area (Å²) >= 11 is 3.52. The zero-order valence-electron chi connectivity index (χ0n) is 23.2. The van der Waals surface area contributed by atoms with Gasteiger partial charge in [-0.1, -0.05) is 108 Å². The molecule has 0 spiro atoms. The summed E-state index contributed by atoms with van der Waals surface area (Å²) in [6.45, 7) is 0.416. The zero-order chi connectivity index (χ0) is 28.5. The molecule has 208 valence electrons. The average molecular weight is 617 g/mol. The highest BCUT2D eigenvalue weighted by Gasteiger charge is 2.23. The summed E-state index contributed by atoms with van der Waals surface area (Å²) in [5.74, 6) is 1.66. The Morgan fingerprint density at radius 2 is 1.57 bits per heavy atom. The molecule has 0 saturated heterocycles. The van der Waals surface area contributed by atoms with E-state index in [0.717, 1.165) is 57.9 Å². The topological polar surface area (TPSA) is 56.5 Å². The molecule has 1 aliphatic rings. The van der Waals surface area contributed by atoms with Crippen molar-refractivity contribution in [2.24, 2.45) is 5.10 Å². The first-order valence-corrected chi connectivity index (χ1v) is 15.3. The number of hydrogen-bond acceptors (Lipinski definition) is 4. The van der Waals surface area contributed by atoms with Crippen LogP contribution in [0.1, 0.15) is 55.0 Å². The molecular weight excluding hydrogens is 586 g/mol. The molecule has 5 nitrogen and oxygen atoms in total. The molecule has 0 bridgehead atoms. The van der Waals surface area contributed by atoms with Gasteiger partial charge in [-0.2, -0.15) is 9.78 Å². The van der Waals surface area contributed by atoms with Crippen molar-refractivity contribution in [2.45, 2.75) is 44.6 Å². The molecular formula is C36H30BrN3O2. The van der Waals surface area contributed by atoms with Gasteiger partial charge in [0.15, 0.2) is 0 Å². The normalized spacial score (nSPS) is 14.3. The van der Waals surface area contributed by atoms with Gasteiger partial charge in [-0.05, 0) is 64.2 Å². The lowest BCUT2D eigenvalue weighted by Gasteiger charge is -2.23. The Morgan fingerprint density at radius 3 is 2.40 bits per heavy atom. The number of ether oxygens (including phenoxy) is 1. The molecule has 0 amide bonds. The molecule has 1 aromatic heterocycles. The van der Waals surface area contributed by atoms with Crippen LogP contribution in [0.15, 0.2) is 111 Å². The Balaban J connectivity index is 1.34. The van der Waals surface area contributed by atoms with Gasteiger partial charge in [0, 0.05) is 16.0 Å². The van der Waals surface area contributed by atoms with Gasteiger partial charge < -0.3 is 4.74 Å². The maximum atomic E-state index is 13.9. The van der Waals surface area contributed by atoms with Crippen LogP contribution in [0.5, 0.6) is 5.75 Å². The summed E-state index contributed by atoms with van der Waals surface area (Å²) in [6.07, 6.45) is 7.30. The molecule has 7 rings (SSSR count). The van der Waals surface area contributed by atoms with Crippen molar-refractivity contribution < 1.29 is 4.74 Å². The minimum Gasteiger partial charge on any atom is -0.488 e. The van der Waals surface area contributed by atoms with Gasteiger partial charge >= 0.3 is 0 Å². The van der Waals surface area contributed by atoms with Crippen LogP contribution in [0.25, 0.3) is 32.4 Å². The first kappa shape index (κ1) is 26.6. The van der Waals surface area contributed by atoms with Crippen LogP contribution in [0.2, 0.25) is 0 Å². The second-order valence-corrected chi connectivity index (χ2v) is 11.9. The molecule has 1 aliphatic carbocycles. The van der Waals surface area contributed by atoms with Crippen molar-refractivity contribution in [3.8, 4) is 5.75 Å². The molecule has 5 aromatic carbocycles. The predicted octanol–water partition coefficient (Wildman–Crippen LogP) is 8.97. The maximum absolute atomic E-state index is 13.9. The largest absolute Gasteiger partial charge is 0.488 e. The number of nitrogens with zero attached hydrogens (tertiary/aromatic N) is 3. The van der Waals surface area contributed by atoms with Crippen LogP contribution in [0.4, 0.5) is 0 Å². The van der Waals surface area contributed by atoms with E-state index in [9.17, 15) is 4.79 Å². The van der Waals surface area contributed by atoms with E-state index in [1.165, 1.54) is 21.9 Å². The molecule has 0 radical (unpaired) electrons. The van der Waals surface area contributed by atoms with Gasteiger partial charge in [-0.3, -0.25) is 4.79 Å². The number of aromatic nitrogens is 2. The highest BCUT2D eigenvalue weighted by Crippen LogP contribution is 2.33. The molecule has 0 N–H and O–H groups in total. The Labute approximate surface area is 252 Å². The monoisotopic (exact) mass is 615 g/mol. The van der Waals surface area contributed by atoms with Crippen LogP contribution in [-0.2, 0) is 6.61 Å². The number of benzene rings is 5. The number of fused-ring (bicyclic) bond motifs is 3. The van der Waals surface area contributed by atoms with Crippen molar-refractivity contribution >= 4 is 54.6 Å². The summed E-state index contributed by atoms with van der Waals surface area (Å²) < 4.78 is 8.86. The van der Waals surface area contributed by atoms with E-state index < -0.39 is 0 Å². The van der Waals surface area contributed by atoms with Gasteiger partial charge in [0.25, 0.3) is 5.56 Å². The van der Waals surface area contributed by atoms with Gasteiger partial charge in [0.1, 0.15) is 18.2 Å². The van der Waals surface area contributed by atoms with Gasteiger partial charge in [0.05, 0.1) is 17.1 Å². The first-order chi connectivity index (χ1) is 20.7. The van der Waals surface area contributed by atoms with E-state index in [4.69, 9.17) is 14.8 Å². The van der Waals surface area contributed by atoms with Crippen LogP contribution < -0.4 is 10.3 Å². The highest BCUT2D eigenvalue weighted by atomic mass is 79.9. The van der Waals surface area contributed by atoms with Crippen molar-refractivity contribution in [3.63, 3.8) is 0 Å². The van der Waals surface area contributed by atoms with Crippen LogP contribution >= 0.6 is 15.9 Å². The van der Waals surface area contributed by atoms with Gasteiger partial charge in [0.2, 0.25) is 0 Å². The maximum Gasteiger partial charge on any atom is 0.282 e. The van der Waals surface area contributed by atoms with Gasteiger partial charge in [-0.25, -0.2) is 4.98 Å². The molecule has 0 aliphatic heterocycles. The molecule has 1 fully saturated rings. The van der Waals surface area contributed by atoms with E-state index in [-0.39, 0.29) is 11.5 Å². The number of hydrogen-bond donors (Lipinski definition) is 0.